The van der Waals surface area contributed by atoms with Gasteiger partial charge in [0.25, 0.3) is 12.3 Å². The van der Waals surface area contributed by atoms with E-state index in [1.807, 2.05) is 6.07 Å². The molecule has 0 aliphatic rings. The van der Waals surface area contributed by atoms with Crippen molar-refractivity contribution in [3.63, 3.8) is 0 Å². The zero-order chi connectivity index (χ0) is 13.7. The molecule has 0 atom stereocenters. The fraction of sp³-hybridized carbons (Fsp3) is 0.333. The van der Waals surface area contributed by atoms with Crippen molar-refractivity contribution in [3.05, 3.63) is 28.8 Å². The molecule has 0 bridgehead atoms. The molecule has 0 saturated heterocycles. The normalized spacial score (nSPS) is 10.0. The van der Waals surface area contributed by atoms with Gasteiger partial charge >= 0.3 is 0 Å². The van der Waals surface area contributed by atoms with Gasteiger partial charge in [-0.1, -0.05) is 0 Å². The second-order valence-corrected chi connectivity index (χ2v) is 3.68. The van der Waals surface area contributed by atoms with Gasteiger partial charge in [-0.05, 0) is 24.6 Å². The van der Waals surface area contributed by atoms with E-state index in [-0.39, 0.29) is 5.56 Å². The number of hydrogen-bond acceptors (Lipinski definition) is 3. The maximum absolute atomic E-state index is 12.0. The molecule has 0 saturated carbocycles. The molecule has 0 spiro atoms. The summed E-state index contributed by atoms with van der Waals surface area (Å²) in [5.74, 6) is -0.625. The van der Waals surface area contributed by atoms with Gasteiger partial charge in [0, 0.05) is 12.7 Å². The number of hydrogen-bond donors (Lipinski definition) is 2. The van der Waals surface area contributed by atoms with E-state index in [0.717, 1.165) is 0 Å². The highest BCUT2D eigenvalue weighted by Gasteiger charge is 2.15. The molecule has 18 heavy (non-hydrogen) atoms. The van der Waals surface area contributed by atoms with Gasteiger partial charge in [-0.15, -0.1) is 0 Å². The zero-order valence-corrected chi connectivity index (χ0v) is 10.1. The number of halogens is 2. The second kappa shape index (κ2) is 5.96. The van der Waals surface area contributed by atoms with Crippen molar-refractivity contribution in [2.75, 3.05) is 18.9 Å². The number of aryl methyl sites for hydroxylation is 1. The molecular weight excluding hydrogens is 240 g/mol. The number of amides is 1. The molecule has 6 heteroatoms. The predicted octanol–water partition coefficient (Wildman–Crippen LogP) is 1.90. The Morgan fingerprint density at radius 2 is 2.17 bits per heavy atom. The molecule has 0 aromatic heterocycles. The number of nitrogens with zero attached hydrogens (tertiary/aromatic N) is 1. The van der Waals surface area contributed by atoms with Crippen LogP contribution in [0.15, 0.2) is 12.1 Å². The van der Waals surface area contributed by atoms with Crippen LogP contribution in [0.5, 0.6) is 0 Å². The van der Waals surface area contributed by atoms with Crippen molar-refractivity contribution in [1.29, 1.82) is 5.26 Å². The summed E-state index contributed by atoms with van der Waals surface area (Å²) in [7, 11) is 1.62. The molecule has 0 unspecified atom stereocenters. The van der Waals surface area contributed by atoms with Crippen LogP contribution in [0.4, 0.5) is 14.5 Å². The number of carbonyl (C=O) groups is 1. The molecule has 1 aromatic carbocycles. The third-order valence-electron chi connectivity index (χ3n) is 2.38. The van der Waals surface area contributed by atoms with Crippen molar-refractivity contribution < 1.29 is 13.6 Å². The molecule has 0 fully saturated rings. The number of anilines is 1. The average molecular weight is 253 g/mol. The molecule has 0 aliphatic carbocycles. The maximum atomic E-state index is 12.0. The van der Waals surface area contributed by atoms with Gasteiger partial charge in [-0.2, -0.15) is 5.26 Å². The van der Waals surface area contributed by atoms with Crippen LogP contribution in [0.3, 0.4) is 0 Å². The van der Waals surface area contributed by atoms with E-state index >= 15 is 0 Å². The minimum absolute atomic E-state index is 0.190. The second-order valence-electron chi connectivity index (χ2n) is 3.68. The number of carbonyl (C=O) groups excluding carboxylic acids is 1. The van der Waals surface area contributed by atoms with E-state index in [9.17, 15) is 13.6 Å². The Labute approximate surface area is 104 Å². The number of alkyl halides is 2. The van der Waals surface area contributed by atoms with Crippen LogP contribution in [0, 0.1) is 18.3 Å². The van der Waals surface area contributed by atoms with Crippen LogP contribution in [0.25, 0.3) is 0 Å². The minimum atomic E-state index is -2.60. The minimum Gasteiger partial charge on any atom is -0.387 e. The van der Waals surface area contributed by atoms with Crippen LogP contribution in [0.1, 0.15) is 21.5 Å². The molecule has 4 nitrogen and oxygen atoms in total. The Morgan fingerprint density at radius 1 is 1.50 bits per heavy atom. The predicted molar refractivity (Wildman–Crippen MR) is 63.8 cm³/mol. The lowest BCUT2D eigenvalue weighted by Gasteiger charge is -2.12. The van der Waals surface area contributed by atoms with Gasteiger partial charge < -0.3 is 10.6 Å². The smallest absolute Gasteiger partial charge is 0.255 e. The lowest BCUT2D eigenvalue weighted by atomic mass is 10.0. The summed E-state index contributed by atoms with van der Waals surface area (Å²) >= 11 is 0. The Kier molecular flexibility index (Phi) is 4.60. The van der Waals surface area contributed by atoms with E-state index in [4.69, 9.17) is 5.26 Å². The number of rotatable bonds is 4. The van der Waals surface area contributed by atoms with Crippen molar-refractivity contribution >= 4 is 11.6 Å². The summed E-state index contributed by atoms with van der Waals surface area (Å²) in [5.41, 5.74) is 1.74. The van der Waals surface area contributed by atoms with Crippen LogP contribution >= 0.6 is 0 Å². The van der Waals surface area contributed by atoms with E-state index < -0.39 is 18.9 Å². The summed E-state index contributed by atoms with van der Waals surface area (Å²) in [5, 5.41) is 13.8. The lowest BCUT2D eigenvalue weighted by Crippen LogP contribution is -2.29. The zero-order valence-electron chi connectivity index (χ0n) is 10.1. The molecule has 0 aliphatic heterocycles. The highest BCUT2D eigenvalue weighted by Crippen LogP contribution is 2.22. The first kappa shape index (κ1) is 13.9. The Bertz CT molecular complexity index is 495. The standard InChI is InChI=1S/C12H13F2N3O/c1-7-3-8(5-15)4-9(11(7)16-2)12(18)17-6-10(13)14/h3-4,10,16H,6H2,1-2H3,(H,17,18). The van der Waals surface area contributed by atoms with Gasteiger partial charge in [0.2, 0.25) is 0 Å². The summed E-state index contributed by atoms with van der Waals surface area (Å²) in [6, 6.07) is 4.92. The summed E-state index contributed by atoms with van der Waals surface area (Å²) in [6.45, 7) is 1.02. The molecule has 0 radical (unpaired) electrons. The topological polar surface area (TPSA) is 64.9 Å². The number of nitrogens with one attached hydrogen (secondary N) is 2. The molecule has 96 valence electrons. The van der Waals surface area contributed by atoms with Crippen molar-refractivity contribution in [2.45, 2.75) is 13.3 Å². The third-order valence-corrected chi connectivity index (χ3v) is 2.38. The highest BCUT2D eigenvalue weighted by atomic mass is 19.3. The molecule has 1 rings (SSSR count). The van der Waals surface area contributed by atoms with Crippen LogP contribution < -0.4 is 10.6 Å². The van der Waals surface area contributed by atoms with Crippen molar-refractivity contribution in [3.8, 4) is 6.07 Å². The third kappa shape index (κ3) is 3.17. The van der Waals surface area contributed by atoms with Crippen molar-refractivity contribution in [1.82, 2.24) is 5.32 Å². The quantitative estimate of drug-likeness (QED) is 0.861. The van der Waals surface area contributed by atoms with Gasteiger partial charge in [0.05, 0.1) is 23.7 Å². The van der Waals surface area contributed by atoms with E-state index in [2.05, 4.69) is 10.6 Å². The van der Waals surface area contributed by atoms with Gasteiger partial charge in [-0.3, -0.25) is 4.79 Å². The fourth-order valence-electron chi connectivity index (χ4n) is 1.63. The van der Waals surface area contributed by atoms with E-state index in [1.165, 1.54) is 6.07 Å². The van der Waals surface area contributed by atoms with Gasteiger partial charge in [0.1, 0.15) is 0 Å². The molecule has 2 N–H and O–H groups in total. The number of benzene rings is 1. The lowest BCUT2D eigenvalue weighted by molar-refractivity contribution is 0.0892. The van der Waals surface area contributed by atoms with Crippen molar-refractivity contribution in [2.24, 2.45) is 0 Å². The maximum Gasteiger partial charge on any atom is 0.255 e. The fourth-order valence-corrected chi connectivity index (χ4v) is 1.63. The van der Waals surface area contributed by atoms with Gasteiger partial charge in [0.15, 0.2) is 0 Å². The Hall–Kier alpha value is -2.16. The monoisotopic (exact) mass is 253 g/mol. The first-order valence-corrected chi connectivity index (χ1v) is 5.28. The first-order valence-electron chi connectivity index (χ1n) is 5.28. The van der Waals surface area contributed by atoms with E-state index in [1.54, 1.807) is 20.0 Å². The van der Waals surface area contributed by atoms with E-state index in [0.29, 0.717) is 16.8 Å². The molecule has 0 heterocycles. The largest absolute Gasteiger partial charge is 0.387 e. The van der Waals surface area contributed by atoms with Crippen LogP contribution in [-0.4, -0.2) is 25.9 Å². The van der Waals surface area contributed by atoms with Crippen LogP contribution in [0.2, 0.25) is 0 Å². The summed E-state index contributed by atoms with van der Waals surface area (Å²) < 4.78 is 24.1. The summed E-state index contributed by atoms with van der Waals surface area (Å²) in [6.07, 6.45) is -2.60. The highest BCUT2D eigenvalue weighted by molar-refractivity contribution is 6.00. The first-order chi connectivity index (χ1) is 8.49. The van der Waals surface area contributed by atoms with Crippen LogP contribution in [-0.2, 0) is 0 Å². The molecule has 1 amide bonds. The summed E-state index contributed by atoms with van der Waals surface area (Å²) in [4.78, 5) is 11.8. The SMILES string of the molecule is CNc1c(C)cc(C#N)cc1C(=O)NCC(F)F. The Balaban J connectivity index is 3.09. The number of nitriles is 1. The average Bonchev–Trinajstić information content (AvgIpc) is 2.34. The van der Waals surface area contributed by atoms with Gasteiger partial charge in [-0.25, -0.2) is 8.78 Å². The molecular formula is C12H13F2N3O. The Morgan fingerprint density at radius 3 is 2.67 bits per heavy atom. The molecule has 1 aromatic rings.